The number of anilines is 1. The van der Waals surface area contributed by atoms with Gasteiger partial charge in [-0.2, -0.15) is 4.31 Å². The van der Waals surface area contributed by atoms with Crippen molar-refractivity contribution in [2.75, 3.05) is 12.3 Å². The third-order valence-electron chi connectivity index (χ3n) is 4.64. The fraction of sp³-hybridized carbons (Fsp3) is 0.312. The highest BCUT2D eigenvalue weighted by Crippen LogP contribution is 2.57. The van der Waals surface area contributed by atoms with Crippen molar-refractivity contribution in [2.45, 2.75) is 24.9 Å². The standard InChI is InChI=1S/C16H19N5O9P2/c17-14-13-16(19-8-18-14)21(15(20-13)9-4-2-1-3-5-9)12-6-10(22)11(29-12)7-28-32(26,27)30-31(23,24)25/h1-5,8,10-12,22H,6-7H2,(H,26,27)(H2,17,18,19)(H2,23,24,25)/t10-,11+,12+/m0/s1. The summed E-state index contributed by atoms with van der Waals surface area (Å²) in [7, 11) is -10.4. The van der Waals surface area contributed by atoms with Gasteiger partial charge in [0.25, 0.3) is 0 Å². The molecule has 32 heavy (non-hydrogen) atoms. The number of nitrogen functional groups attached to an aromatic ring is 1. The Hall–Kier alpha value is -2.25. The zero-order valence-corrected chi connectivity index (χ0v) is 18.0. The van der Waals surface area contributed by atoms with Crippen molar-refractivity contribution in [3.05, 3.63) is 36.7 Å². The molecule has 1 aliphatic heterocycles. The quantitative estimate of drug-likeness (QED) is 0.294. The van der Waals surface area contributed by atoms with Gasteiger partial charge in [-0.15, -0.1) is 0 Å². The molecule has 0 spiro atoms. The number of ether oxygens (including phenoxy) is 1. The van der Waals surface area contributed by atoms with E-state index in [1.54, 1.807) is 4.57 Å². The maximum absolute atomic E-state index is 11.7. The molecule has 1 fully saturated rings. The molecule has 1 unspecified atom stereocenters. The van der Waals surface area contributed by atoms with Gasteiger partial charge in [0.2, 0.25) is 0 Å². The van der Waals surface area contributed by atoms with Gasteiger partial charge in [-0.1, -0.05) is 30.3 Å². The molecule has 4 atom stereocenters. The van der Waals surface area contributed by atoms with Crippen molar-refractivity contribution in [1.29, 1.82) is 0 Å². The number of nitrogens with zero attached hydrogens (tertiary/aromatic N) is 4. The minimum absolute atomic E-state index is 0.0400. The molecule has 0 saturated carbocycles. The number of hydrogen-bond donors (Lipinski definition) is 5. The Balaban J connectivity index is 1.62. The third kappa shape index (κ3) is 4.89. The summed E-state index contributed by atoms with van der Waals surface area (Å²) in [5.74, 6) is 0.601. The number of imidazole rings is 1. The third-order valence-corrected chi connectivity index (χ3v) is 6.79. The second kappa shape index (κ2) is 8.60. The number of aromatic nitrogens is 4. The molecule has 1 aliphatic rings. The Labute approximate surface area is 180 Å². The summed E-state index contributed by atoms with van der Waals surface area (Å²) >= 11 is 0. The molecule has 4 rings (SSSR count). The van der Waals surface area contributed by atoms with E-state index in [2.05, 4.69) is 23.8 Å². The number of aliphatic hydroxyl groups is 1. The van der Waals surface area contributed by atoms with E-state index in [0.717, 1.165) is 5.56 Å². The molecule has 0 aliphatic carbocycles. The molecule has 14 nitrogen and oxygen atoms in total. The SMILES string of the molecule is Nc1ncnc2c1nc(-c1ccccc1)n2[C@H]1C[C@H](O)[C@@H](COP(=O)(O)OP(=O)(O)O)O1. The molecule has 3 aromatic rings. The van der Waals surface area contributed by atoms with E-state index in [0.29, 0.717) is 17.0 Å². The summed E-state index contributed by atoms with van der Waals surface area (Å²) in [6, 6.07) is 9.09. The van der Waals surface area contributed by atoms with Crippen LogP contribution in [-0.4, -0.2) is 58.1 Å². The minimum atomic E-state index is -5.27. The van der Waals surface area contributed by atoms with Gasteiger partial charge in [0.05, 0.1) is 12.7 Å². The van der Waals surface area contributed by atoms with Crippen LogP contribution in [0.15, 0.2) is 36.7 Å². The Kier molecular flexibility index (Phi) is 6.16. The summed E-state index contributed by atoms with van der Waals surface area (Å²) in [6.45, 7) is -0.671. The van der Waals surface area contributed by atoms with Crippen LogP contribution in [-0.2, 0) is 22.7 Å². The lowest BCUT2D eigenvalue weighted by Crippen LogP contribution is -2.26. The van der Waals surface area contributed by atoms with Crippen LogP contribution in [0.1, 0.15) is 12.6 Å². The monoisotopic (exact) mass is 487 g/mol. The zero-order chi connectivity index (χ0) is 23.1. The van der Waals surface area contributed by atoms with E-state index in [9.17, 15) is 19.1 Å². The largest absolute Gasteiger partial charge is 0.481 e. The number of hydrogen-bond acceptors (Lipinski definition) is 10. The lowest BCUT2D eigenvalue weighted by Gasteiger charge is -2.19. The molecule has 0 radical (unpaired) electrons. The summed E-state index contributed by atoms with van der Waals surface area (Å²) in [5.41, 5.74) is 7.35. The molecule has 172 valence electrons. The maximum atomic E-state index is 11.7. The predicted octanol–water partition coefficient (Wildman–Crippen LogP) is 0.950. The van der Waals surface area contributed by atoms with Crippen LogP contribution in [0.3, 0.4) is 0 Å². The van der Waals surface area contributed by atoms with E-state index in [4.69, 9.17) is 20.3 Å². The van der Waals surface area contributed by atoms with Crippen molar-refractivity contribution in [3.8, 4) is 11.4 Å². The van der Waals surface area contributed by atoms with Gasteiger partial charge in [0.1, 0.15) is 24.5 Å². The number of fused-ring (bicyclic) bond motifs is 1. The van der Waals surface area contributed by atoms with Crippen molar-refractivity contribution in [1.82, 2.24) is 19.5 Å². The second-order valence-electron chi connectivity index (χ2n) is 6.87. The highest BCUT2D eigenvalue weighted by molar-refractivity contribution is 7.60. The molecule has 0 bridgehead atoms. The summed E-state index contributed by atoms with van der Waals surface area (Å²) < 4.78 is 38.2. The maximum Gasteiger partial charge on any atom is 0.481 e. The van der Waals surface area contributed by atoms with Gasteiger partial charge in [-0.25, -0.2) is 24.1 Å². The van der Waals surface area contributed by atoms with Gasteiger partial charge in [-0.3, -0.25) is 9.09 Å². The average molecular weight is 487 g/mol. The minimum Gasteiger partial charge on any atom is -0.390 e. The first kappa shape index (κ1) is 22.9. The van der Waals surface area contributed by atoms with Crippen LogP contribution in [0, 0.1) is 0 Å². The number of aliphatic hydroxyl groups excluding tert-OH is 1. The number of phosphoric ester groups is 1. The van der Waals surface area contributed by atoms with Gasteiger partial charge < -0.3 is 30.3 Å². The first-order valence-electron chi connectivity index (χ1n) is 9.15. The Morgan fingerprint density at radius 2 is 1.91 bits per heavy atom. The van der Waals surface area contributed by atoms with Crippen molar-refractivity contribution < 1.29 is 42.5 Å². The van der Waals surface area contributed by atoms with Gasteiger partial charge >= 0.3 is 15.6 Å². The number of benzene rings is 1. The summed E-state index contributed by atoms with van der Waals surface area (Å²) in [6.07, 6.45) is -1.76. The Bertz CT molecular complexity index is 1220. The average Bonchev–Trinajstić information content (AvgIpc) is 3.26. The van der Waals surface area contributed by atoms with Crippen LogP contribution in [0.2, 0.25) is 0 Å². The number of nitrogens with two attached hydrogens (primary N) is 1. The highest BCUT2D eigenvalue weighted by atomic mass is 31.3. The molecule has 1 saturated heterocycles. The van der Waals surface area contributed by atoms with Crippen molar-refractivity contribution in [2.24, 2.45) is 0 Å². The molecular formula is C16H19N5O9P2. The van der Waals surface area contributed by atoms with E-state index < -0.39 is 40.7 Å². The molecular weight excluding hydrogens is 468 g/mol. The van der Waals surface area contributed by atoms with Crippen LogP contribution < -0.4 is 5.73 Å². The van der Waals surface area contributed by atoms with Gasteiger partial charge in [-0.05, 0) is 0 Å². The van der Waals surface area contributed by atoms with Crippen LogP contribution in [0.4, 0.5) is 5.82 Å². The summed E-state index contributed by atoms with van der Waals surface area (Å²) in [5, 5.41) is 10.4. The molecule has 16 heteroatoms. The zero-order valence-electron chi connectivity index (χ0n) is 16.2. The normalized spacial score (nSPS) is 23.4. The van der Waals surface area contributed by atoms with E-state index in [1.807, 2.05) is 30.3 Å². The lowest BCUT2D eigenvalue weighted by molar-refractivity contribution is -0.0418. The van der Waals surface area contributed by atoms with E-state index in [1.165, 1.54) is 6.33 Å². The van der Waals surface area contributed by atoms with Crippen LogP contribution >= 0.6 is 15.6 Å². The summed E-state index contributed by atoms with van der Waals surface area (Å²) in [4.78, 5) is 39.5. The first-order valence-corrected chi connectivity index (χ1v) is 12.2. The Morgan fingerprint density at radius 3 is 2.59 bits per heavy atom. The van der Waals surface area contributed by atoms with E-state index >= 15 is 0 Å². The molecule has 2 aromatic heterocycles. The van der Waals surface area contributed by atoms with Crippen LogP contribution in [0.5, 0.6) is 0 Å². The molecule has 0 amide bonds. The van der Waals surface area contributed by atoms with Crippen molar-refractivity contribution in [3.63, 3.8) is 0 Å². The molecule has 3 heterocycles. The highest BCUT2D eigenvalue weighted by Gasteiger charge is 2.40. The van der Waals surface area contributed by atoms with Gasteiger partial charge in [0, 0.05) is 12.0 Å². The number of phosphoric acid groups is 2. The molecule has 6 N–H and O–H groups in total. The second-order valence-corrected chi connectivity index (χ2v) is 9.70. The lowest BCUT2D eigenvalue weighted by atomic mass is 10.2. The number of rotatable bonds is 7. The smallest absolute Gasteiger partial charge is 0.390 e. The fourth-order valence-corrected chi connectivity index (χ4v) is 4.94. The topological polar surface area (TPSA) is 212 Å². The fourth-order valence-electron chi connectivity index (χ4n) is 3.34. The Morgan fingerprint density at radius 1 is 1.19 bits per heavy atom. The van der Waals surface area contributed by atoms with Crippen LogP contribution in [0.25, 0.3) is 22.6 Å². The van der Waals surface area contributed by atoms with E-state index in [-0.39, 0.29) is 12.2 Å². The van der Waals surface area contributed by atoms with Crippen molar-refractivity contribution >= 4 is 32.6 Å². The van der Waals surface area contributed by atoms with Gasteiger partial charge in [0.15, 0.2) is 17.0 Å². The first-order chi connectivity index (χ1) is 15.0. The molecule has 1 aromatic carbocycles. The predicted molar refractivity (Wildman–Crippen MR) is 109 cm³/mol.